The van der Waals surface area contributed by atoms with E-state index in [1.807, 2.05) is 32.9 Å². The Bertz CT molecular complexity index is 666. The van der Waals surface area contributed by atoms with Crippen LogP contribution in [0.2, 0.25) is 9.36 Å². The number of aromatic nitrogens is 2. The van der Waals surface area contributed by atoms with Crippen molar-refractivity contribution in [2.75, 3.05) is 5.32 Å². The lowest BCUT2D eigenvalue weighted by molar-refractivity contribution is 0.503. The minimum Gasteiger partial charge on any atom is -0.375 e. The van der Waals surface area contributed by atoms with Crippen LogP contribution in [-0.4, -0.2) is 9.78 Å². The van der Waals surface area contributed by atoms with E-state index in [4.69, 9.17) is 23.2 Å². The number of anilines is 1. The van der Waals surface area contributed by atoms with Gasteiger partial charge in [-0.25, -0.2) is 4.68 Å². The molecule has 0 aromatic carbocycles. The normalized spacial score (nSPS) is 12.7. The molecule has 0 saturated carbocycles. The van der Waals surface area contributed by atoms with E-state index in [1.54, 1.807) is 6.20 Å². The summed E-state index contributed by atoms with van der Waals surface area (Å²) in [5, 5.41) is 7.47. The number of nitrogens with zero attached hydrogens (tertiary/aromatic N) is 2. The van der Waals surface area contributed by atoms with Crippen LogP contribution in [0.4, 0.5) is 5.69 Å². The van der Waals surface area contributed by atoms with E-state index in [9.17, 15) is 4.79 Å². The highest BCUT2D eigenvalue weighted by Gasteiger charge is 2.14. The van der Waals surface area contributed by atoms with E-state index in [2.05, 4.69) is 10.4 Å². The summed E-state index contributed by atoms with van der Waals surface area (Å²) in [6.45, 7) is 5.74. The average molecular weight is 332 g/mol. The highest BCUT2D eigenvalue weighted by Crippen LogP contribution is 2.30. The Morgan fingerprint density at radius 2 is 2.00 bits per heavy atom. The van der Waals surface area contributed by atoms with Crippen molar-refractivity contribution in [3.63, 3.8) is 0 Å². The second-order valence-electron chi connectivity index (χ2n) is 4.72. The first kappa shape index (κ1) is 15.4. The van der Waals surface area contributed by atoms with Gasteiger partial charge in [0.1, 0.15) is 5.02 Å². The first-order valence-corrected chi connectivity index (χ1v) is 7.76. The van der Waals surface area contributed by atoms with Crippen LogP contribution in [0.5, 0.6) is 0 Å². The molecule has 20 heavy (non-hydrogen) atoms. The van der Waals surface area contributed by atoms with Crippen LogP contribution >= 0.6 is 34.5 Å². The molecular formula is C13H15Cl2N3OS. The van der Waals surface area contributed by atoms with Crippen molar-refractivity contribution in [1.82, 2.24) is 9.78 Å². The number of hydrogen-bond acceptors (Lipinski definition) is 4. The molecule has 2 heterocycles. The van der Waals surface area contributed by atoms with E-state index >= 15 is 0 Å². The van der Waals surface area contributed by atoms with Crippen LogP contribution in [-0.2, 0) is 0 Å². The standard InChI is InChI=1S/C13H15Cl2N3OS/c1-7(2)18-13(19)12(15)9(6-16-18)17-8(3)10-4-5-11(14)20-10/h4-8,17H,1-3H3. The van der Waals surface area contributed by atoms with E-state index in [-0.39, 0.29) is 22.7 Å². The van der Waals surface area contributed by atoms with E-state index in [0.29, 0.717) is 5.69 Å². The lowest BCUT2D eigenvalue weighted by Crippen LogP contribution is -2.26. The second kappa shape index (κ2) is 6.16. The number of halogens is 2. The van der Waals surface area contributed by atoms with E-state index in [0.717, 1.165) is 9.21 Å². The maximum Gasteiger partial charge on any atom is 0.287 e. The van der Waals surface area contributed by atoms with Gasteiger partial charge in [-0.2, -0.15) is 5.10 Å². The second-order valence-corrected chi connectivity index (χ2v) is 6.85. The topological polar surface area (TPSA) is 46.9 Å². The molecule has 0 bridgehead atoms. The smallest absolute Gasteiger partial charge is 0.287 e. The molecule has 0 aliphatic carbocycles. The molecule has 7 heteroatoms. The van der Waals surface area contributed by atoms with Gasteiger partial charge in [0.25, 0.3) is 5.56 Å². The Morgan fingerprint density at radius 1 is 1.30 bits per heavy atom. The lowest BCUT2D eigenvalue weighted by atomic mass is 10.2. The Labute approximate surface area is 131 Å². The Balaban J connectivity index is 2.26. The van der Waals surface area contributed by atoms with Crippen molar-refractivity contribution in [3.8, 4) is 0 Å². The van der Waals surface area contributed by atoms with Crippen molar-refractivity contribution >= 4 is 40.2 Å². The molecule has 0 amide bonds. The molecule has 108 valence electrons. The molecule has 2 aromatic rings. The molecule has 0 radical (unpaired) electrons. The summed E-state index contributed by atoms with van der Waals surface area (Å²) in [5.41, 5.74) is 0.244. The molecule has 2 rings (SSSR count). The zero-order chi connectivity index (χ0) is 14.9. The fourth-order valence-electron chi connectivity index (χ4n) is 1.78. The predicted octanol–water partition coefficient (Wildman–Crippen LogP) is 4.37. The number of nitrogens with one attached hydrogen (secondary N) is 1. The molecule has 0 fully saturated rings. The van der Waals surface area contributed by atoms with Crippen LogP contribution < -0.4 is 10.9 Å². The van der Waals surface area contributed by atoms with Gasteiger partial charge in [-0.1, -0.05) is 23.2 Å². The van der Waals surface area contributed by atoms with Gasteiger partial charge < -0.3 is 5.32 Å². The number of hydrogen-bond donors (Lipinski definition) is 1. The van der Waals surface area contributed by atoms with Crippen LogP contribution in [0.15, 0.2) is 23.1 Å². The predicted molar refractivity (Wildman–Crippen MR) is 85.3 cm³/mol. The molecule has 2 aromatic heterocycles. The summed E-state index contributed by atoms with van der Waals surface area (Å²) >= 11 is 13.5. The van der Waals surface area contributed by atoms with Gasteiger partial charge in [-0.3, -0.25) is 4.79 Å². The van der Waals surface area contributed by atoms with Crippen LogP contribution in [0.3, 0.4) is 0 Å². The van der Waals surface area contributed by atoms with Gasteiger partial charge >= 0.3 is 0 Å². The molecular weight excluding hydrogens is 317 g/mol. The van der Waals surface area contributed by atoms with Crippen LogP contribution in [0, 0.1) is 0 Å². The quantitative estimate of drug-likeness (QED) is 0.904. The first-order valence-electron chi connectivity index (χ1n) is 6.19. The molecule has 1 unspecified atom stereocenters. The molecule has 0 aliphatic rings. The van der Waals surface area contributed by atoms with Crippen LogP contribution in [0.25, 0.3) is 0 Å². The zero-order valence-electron chi connectivity index (χ0n) is 11.4. The third kappa shape index (κ3) is 3.16. The Kier molecular flexibility index (Phi) is 4.73. The third-order valence-electron chi connectivity index (χ3n) is 2.83. The molecule has 0 saturated heterocycles. The molecule has 1 N–H and O–H groups in total. The van der Waals surface area contributed by atoms with Crippen LogP contribution in [0.1, 0.15) is 37.7 Å². The maximum absolute atomic E-state index is 12.1. The van der Waals surface area contributed by atoms with Crippen molar-refractivity contribution in [2.45, 2.75) is 32.9 Å². The van der Waals surface area contributed by atoms with Crippen molar-refractivity contribution in [3.05, 3.63) is 42.9 Å². The maximum atomic E-state index is 12.1. The summed E-state index contributed by atoms with van der Waals surface area (Å²) in [6, 6.07) is 3.76. The molecule has 4 nitrogen and oxygen atoms in total. The molecule has 1 atom stereocenters. The summed E-state index contributed by atoms with van der Waals surface area (Å²) in [5.74, 6) is 0. The summed E-state index contributed by atoms with van der Waals surface area (Å²) in [7, 11) is 0. The highest BCUT2D eigenvalue weighted by atomic mass is 35.5. The SMILES string of the molecule is CC(Nc1cnn(C(C)C)c(=O)c1Cl)c1ccc(Cl)s1. The lowest BCUT2D eigenvalue weighted by Gasteiger charge is -2.16. The average Bonchev–Trinajstić information content (AvgIpc) is 2.81. The van der Waals surface area contributed by atoms with Crippen molar-refractivity contribution < 1.29 is 0 Å². The summed E-state index contributed by atoms with van der Waals surface area (Å²) in [6.07, 6.45) is 1.58. The third-order valence-corrected chi connectivity index (χ3v) is 4.60. The number of rotatable bonds is 4. The van der Waals surface area contributed by atoms with Crippen molar-refractivity contribution in [1.29, 1.82) is 0 Å². The van der Waals surface area contributed by atoms with Gasteiger partial charge in [0.05, 0.1) is 28.3 Å². The van der Waals surface area contributed by atoms with Gasteiger partial charge in [-0.05, 0) is 32.9 Å². The fraction of sp³-hybridized carbons (Fsp3) is 0.385. The van der Waals surface area contributed by atoms with Crippen molar-refractivity contribution in [2.24, 2.45) is 0 Å². The fourth-order valence-corrected chi connectivity index (χ4v) is 3.03. The molecule has 0 aliphatic heterocycles. The molecule has 0 spiro atoms. The van der Waals surface area contributed by atoms with Gasteiger partial charge in [0, 0.05) is 4.88 Å². The highest BCUT2D eigenvalue weighted by molar-refractivity contribution is 7.16. The first-order chi connectivity index (χ1) is 9.40. The Hall–Kier alpha value is -1.04. The monoisotopic (exact) mass is 331 g/mol. The Morgan fingerprint density at radius 3 is 2.55 bits per heavy atom. The van der Waals surface area contributed by atoms with Gasteiger partial charge in [0.2, 0.25) is 0 Å². The number of thiophene rings is 1. The minimum absolute atomic E-state index is 0.00102. The largest absolute Gasteiger partial charge is 0.375 e. The summed E-state index contributed by atoms with van der Waals surface area (Å²) in [4.78, 5) is 13.1. The van der Waals surface area contributed by atoms with Gasteiger partial charge in [0.15, 0.2) is 0 Å². The van der Waals surface area contributed by atoms with E-state index in [1.165, 1.54) is 16.0 Å². The van der Waals surface area contributed by atoms with Gasteiger partial charge in [-0.15, -0.1) is 11.3 Å². The zero-order valence-corrected chi connectivity index (χ0v) is 13.7. The summed E-state index contributed by atoms with van der Waals surface area (Å²) < 4.78 is 2.09. The van der Waals surface area contributed by atoms with E-state index < -0.39 is 0 Å². The minimum atomic E-state index is -0.289.